The lowest BCUT2D eigenvalue weighted by atomic mass is 9.97. The SMILES string of the molecule is COc1cc(/C=C/C(=O)NC(=S)N2CCCC[C@H]2c2cccnc2)cc(OC)c1OC. The number of piperidine rings is 1. The average molecular weight is 442 g/mol. The average Bonchev–Trinajstić information content (AvgIpc) is 2.82. The predicted molar refractivity (Wildman–Crippen MR) is 123 cm³/mol. The van der Waals surface area contributed by atoms with Crippen LogP contribution in [0.3, 0.4) is 0 Å². The molecule has 1 fully saturated rings. The van der Waals surface area contributed by atoms with Crippen molar-refractivity contribution in [2.24, 2.45) is 0 Å². The highest BCUT2D eigenvalue weighted by atomic mass is 32.1. The first-order chi connectivity index (χ1) is 15.1. The maximum absolute atomic E-state index is 12.5. The number of rotatable bonds is 6. The van der Waals surface area contributed by atoms with Gasteiger partial charge < -0.3 is 19.1 Å². The van der Waals surface area contributed by atoms with Crippen molar-refractivity contribution in [2.45, 2.75) is 25.3 Å². The Morgan fingerprint density at radius 2 is 1.94 bits per heavy atom. The fraction of sp³-hybridized carbons (Fsp3) is 0.348. The second-order valence-electron chi connectivity index (χ2n) is 7.08. The van der Waals surface area contributed by atoms with Crippen LogP contribution in [0, 0.1) is 0 Å². The van der Waals surface area contributed by atoms with Crippen molar-refractivity contribution in [2.75, 3.05) is 27.9 Å². The van der Waals surface area contributed by atoms with E-state index in [1.807, 2.05) is 18.3 Å². The van der Waals surface area contributed by atoms with Crippen LogP contribution in [0.1, 0.15) is 36.4 Å². The molecule has 1 N–H and O–H groups in total. The minimum Gasteiger partial charge on any atom is -0.493 e. The highest BCUT2D eigenvalue weighted by Gasteiger charge is 2.26. The summed E-state index contributed by atoms with van der Waals surface area (Å²) in [4.78, 5) is 18.8. The summed E-state index contributed by atoms with van der Waals surface area (Å²) in [7, 11) is 4.64. The number of likely N-dealkylation sites (tertiary alicyclic amines) is 1. The number of aromatic nitrogens is 1. The Hall–Kier alpha value is -3.13. The van der Waals surface area contributed by atoms with Crippen molar-refractivity contribution in [3.8, 4) is 17.2 Å². The van der Waals surface area contributed by atoms with Gasteiger partial charge in [0.15, 0.2) is 16.6 Å². The molecule has 164 valence electrons. The maximum Gasteiger partial charge on any atom is 0.250 e. The summed E-state index contributed by atoms with van der Waals surface area (Å²) in [6, 6.07) is 7.63. The lowest BCUT2D eigenvalue weighted by molar-refractivity contribution is -0.115. The van der Waals surface area contributed by atoms with Crippen molar-refractivity contribution in [1.29, 1.82) is 0 Å². The van der Waals surface area contributed by atoms with Crippen LogP contribution in [-0.2, 0) is 4.79 Å². The van der Waals surface area contributed by atoms with Crippen LogP contribution in [0.2, 0.25) is 0 Å². The van der Waals surface area contributed by atoms with Gasteiger partial charge in [-0.2, -0.15) is 0 Å². The molecule has 0 unspecified atom stereocenters. The van der Waals surface area contributed by atoms with Gasteiger partial charge in [-0.15, -0.1) is 0 Å². The van der Waals surface area contributed by atoms with Gasteiger partial charge in [0.25, 0.3) is 0 Å². The molecule has 0 aliphatic carbocycles. The molecule has 1 atom stereocenters. The second kappa shape index (κ2) is 10.8. The molecule has 0 bridgehead atoms. The maximum atomic E-state index is 12.5. The molecule has 8 heteroatoms. The number of hydrogen-bond donors (Lipinski definition) is 1. The summed E-state index contributed by atoms with van der Waals surface area (Å²) in [6.45, 7) is 0.801. The molecule has 0 saturated carbocycles. The lowest BCUT2D eigenvalue weighted by Crippen LogP contribution is -2.46. The Labute approximate surface area is 188 Å². The molecule has 0 spiro atoms. The van der Waals surface area contributed by atoms with Crippen molar-refractivity contribution in [3.63, 3.8) is 0 Å². The number of pyridine rings is 1. The van der Waals surface area contributed by atoms with Gasteiger partial charge >= 0.3 is 0 Å². The molecule has 1 saturated heterocycles. The van der Waals surface area contributed by atoms with Gasteiger partial charge in [-0.1, -0.05) is 6.07 Å². The number of carbonyl (C=O) groups is 1. The largest absolute Gasteiger partial charge is 0.493 e. The Balaban J connectivity index is 1.70. The molecular formula is C23H27N3O4S. The fourth-order valence-corrected chi connectivity index (χ4v) is 4.00. The van der Waals surface area contributed by atoms with E-state index in [0.717, 1.165) is 36.9 Å². The first-order valence-corrected chi connectivity index (χ1v) is 10.5. The molecular weight excluding hydrogens is 414 g/mol. The number of benzene rings is 1. The zero-order chi connectivity index (χ0) is 22.2. The van der Waals surface area contributed by atoms with Gasteiger partial charge in [0.1, 0.15) is 0 Å². The highest BCUT2D eigenvalue weighted by molar-refractivity contribution is 7.80. The van der Waals surface area contributed by atoms with Crippen molar-refractivity contribution >= 4 is 29.3 Å². The molecule has 0 radical (unpaired) electrons. The molecule has 1 aromatic heterocycles. The fourth-order valence-electron chi connectivity index (χ4n) is 3.68. The van der Waals surface area contributed by atoms with E-state index in [-0.39, 0.29) is 11.9 Å². The first kappa shape index (κ1) is 22.6. The van der Waals surface area contributed by atoms with E-state index in [1.165, 1.54) is 6.08 Å². The molecule has 2 heterocycles. The second-order valence-corrected chi connectivity index (χ2v) is 7.46. The molecule has 7 nitrogen and oxygen atoms in total. The Bertz CT molecular complexity index is 924. The van der Waals surface area contributed by atoms with Gasteiger partial charge in [0.2, 0.25) is 11.7 Å². The molecule has 2 aromatic rings. The topological polar surface area (TPSA) is 72.9 Å². The van der Waals surface area contributed by atoms with Crippen molar-refractivity contribution in [1.82, 2.24) is 15.2 Å². The van der Waals surface area contributed by atoms with E-state index in [4.69, 9.17) is 26.4 Å². The third-order valence-electron chi connectivity index (χ3n) is 5.18. The molecule has 3 rings (SSSR count). The number of amides is 1. The lowest BCUT2D eigenvalue weighted by Gasteiger charge is -2.37. The molecule has 1 aliphatic heterocycles. The smallest absolute Gasteiger partial charge is 0.250 e. The Morgan fingerprint density at radius 1 is 1.19 bits per heavy atom. The molecule has 1 aromatic carbocycles. The van der Waals surface area contributed by atoms with Gasteiger partial charge in [-0.3, -0.25) is 15.1 Å². The summed E-state index contributed by atoms with van der Waals surface area (Å²) in [5.74, 6) is 1.24. The predicted octanol–water partition coefficient (Wildman–Crippen LogP) is 3.75. The number of methoxy groups -OCH3 is 3. The van der Waals surface area contributed by atoms with Crippen LogP contribution in [0.5, 0.6) is 17.2 Å². The van der Waals surface area contributed by atoms with Gasteiger partial charge in [-0.25, -0.2) is 0 Å². The first-order valence-electron chi connectivity index (χ1n) is 10.1. The number of thiocarbonyl (C=S) groups is 1. The quantitative estimate of drug-likeness (QED) is 0.541. The van der Waals surface area contributed by atoms with Crippen LogP contribution in [-0.4, -0.2) is 48.8 Å². The zero-order valence-electron chi connectivity index (χ0n) is 18.0. The number of nitrogens with one attached hydrogen (secondary N) is 1. The van der Waals surface area contributed by atoms with Crippen LogP contribution in [0.25, 0.3) is 6.08 Å². The van der Waals surface area contributed by atoms with Crippen LogP contribution < -0.4 is 19.5 Å². The van der Waals surface area contributed by atoms with E-state index in [0.29, 0.717) is 22.4 Å². The van der Waals surface area contributed by atoms with E-state index >= 15 is 0 Å². The Morgan fingerprint density at radius 3 is 2.55 bits per heavy atom. The summed E-state index contributed by atoms with van der Waals surface area (Å²) < 4.78 is 16.0. The number of hydrogen-bond acceptors (Lipinski definition) is 6. The third-order valence-corrected chi connectivity index (χ3v) is 5.51. The van der Waals surface area contributed by atoms with Crippen LogP contribution >= 0.6 is 12.2 Å². The van der Waals surface area contributed by atoms with E-state index in [1.54, 1.807) is 45.7 Å². The van der Waals surface area contributed by atoms with Crippen LogP contribution in [0.15, 0.2) is 42.7 Å². The van der Waals surface area contributed by atoms with Crippen molar-refractivity contribution in [3.05, 3.63) is 53.9 Å². The summed E-state index contributed by atoms with van der Waals surface area (Å²) in [5.41, 5.74) is 1.84. The third kappa shape index (κ3) is 5.52. The van der Waals surface area contributed by atoms with Gasteiger partial charge in [0.05, 0.1) is 27.4 Å². The highest BCUT2D eigenvalue weighted by Crippen LogP contribution is 2.38. The molecule has 1 amide bonds. The number of carbonyl (C=O) groups excluding carboxylic acids is 1. The monoisotopic (exact) mass is 441 g/mol. The Kier molecular flexibility index (Phi) is 7.83. The van der Waals surface area contributed by atoms with Crippen LogP contribution in [0.4, 0.5) is 0 Å². The molecule has 1 aliphatic rings. The normalized spacial score (nSPS) is 16.1. The zero-order valence-corrected chi connectivity index (χ0v) is 18.8. The van der Waals surface area contributed by atoms with Crippen molar-refractivity contribution < 1.29 is 19.0 Å². The van der Waals surface area contributed by atoms with Gasteiger partial charge in [0, 0.05) is 25.0 Å². The van der Waals surface area contributed by atoms with E-state index < -0.39 is 0 Å². The number of ether oxygens (including phenoxy) is 3. The summed E-state index contributed by atoms with van der Waals surface area (Å²) in [5, 5.41) is 3.25. The van der Waals surface area contributed by atoms with Gasteiger partial charge in [-0.05, 0) is 66.9 Å². The molecule has 31 heavy (non-hydrogen) atoms. The minimum atomic E-state index is -0.297. The number of nitrogens with zero attached hydrogens (tertiary/aromatic N) is 2. The standard InChI is InChI=1S/C23H27N3O4S/c1-28-19-13-16(14-20(29-2)22(19)30-3)9-10-21(27)25-23(31)26-12-5-4-8-18(26)17-7-6-11-24-15-17/h6-7,9-11,13-15,18H,4-5,8,12H2,1-3H3,(H,25,27,31)/b10-9+/t18-/m0/s1. The van der Waals surface area contributed by atoms with E-state index in [2.05, 4.69) is 15.2 Å². The van der Waals surface area contributed by atoms with E-state index in [9.17, 15) is 4.79 Å². The minimum absolute atomic E-state index is 0.120. The summed E-state index contributed by atoms with van der Waals surface area (Å²) in [6.07, 6.45) is 9.86. The summed E-state index contributed by atoms with van der Waals surface area (Å²) >= 11 is 5.55.